The average Bonchev–Trinajstić information content (AvgIpc) is 3.07. The molecule has 0 N–H and O–H groups in total. The molecule has 6 heteroatoms. The van der Waals surface area contributed by atoms with Crippen LogP contribution in [0.1, 0.15) is 12.0 Å². The average molecular weight is 303 g/mol. The van der Waals surface area contributed by atoms with Crippen LogP contribution in [0, 0.1) is 11.8 Å². The van der Waals surface area contributed by atoms with Gasteiger partial charge in [0.25, 0.3) is 0 Å². The molecule has 0 bridgehead atoms. The van der Waals surface area contributed by atoms with Crippen molar-refractivity contribution in [2.75, 3.05) is 33.4 Å². The van der Waals surface area contributed by atoms with E-state index in [4.69, 9.17) is 4.74 Å². The molecule has 22 heavy (non-hydrogen) atoms. The molecule has 6 nitrogen and oxygen atoms in total. The van der Waals surface area contributed by atoms with Crippen molar-refractivity contribution in [3.63, 3.8) is 0 Å². The Hall–Kier alpha value is -1.95. The molecule has 0 saturated carbocycles. The topological polar surface area (TPSA) is 62.7 Å². The Bertz CT molecular complexity index is 549. The smallest absolute Gasteiger partial charge is 0.228 e. The summed E-state index contributed by atoms with van der Waals surface area (Å²) in [5, 5.41) is 0. The van der Waals surface area contributed by atoms with Crippen LogP contribution in [-0.2, 0) is 20.9 Å². The molecule has 0 aromatic carbocycles. The highest BCUT2D eigenvalue weighted by atomic mass is 16.5. The summed E-state index contributed by atoms with van der Waals surface area (Å²) in [6, 6.07) is 3.86. The Morgan fingerprint density at radius 1 is 1.41 bits per heavy atom. The van der Waals surface area contributed by atoms with Crippen LogP contribution < -0.4 is 0 Å². The lowest BCUT2D eigenvalue weighted by atomic mass is 10.0. The molecule has 0 unspecified atom stereocenters. The van der Waals surface area contributed by atoms with E-state index in [-0.39, 0.29) is 23.7 Å². The Morgan fingerprint density at radius 3 is 2.95 bits per heavy atom. The van der Waals surface area contributed by atoms with Gasteiger partial charge in [-0.25, -0.2) is 0 Å². The lowest BCUT2D eigenvalue weighted by molar-refractivity contribution is -0.134. The number of aromatic nitrogens is 1. The van der Waals surface area contributed by atoms with Gasteiger partial charge in [-0.3, -0.25) is 14.6 Å². The number of amides is 2. The van der Waals surface area contributed by atoms with Crippen LogP contribution in [0.2, 0.25) is 0 Å². The summed E-state index contributed by atoms with van der Waals surface area (Å²) in [6.07, 6.45) is 3.92. The maximum Gasteiger partial charge on any atom is 0.228 e. The largest absolute Gasteiger partial charge is 0.384 e. The monoisotopic (exact) mass is 303 g/mol. The molecule has 118 valence electrons. The van der Waals surface area contributed by atoms with Gasteiger partial charge in [0.2, 0.25) is 11.8 Å². The number of pyridine rings is 1. The maximum atomic E-state index is 12.5. The van der Waals surface area contributed by atoms with Crippen LogP contribution in [0.3, 0.4) is 0 Å². The lowest BCUT2D eigenvalue weighted by Gasteiger charge is -2.21. The number of fused-ring (bicyclic) bond motifs is 1. The SMILES string of the molecule is COCCC(=O)N1C[C@H]2CN(Cc3cccnc3)C(=O)[C@H]2C1. The van der Waals surface area contributed by atoms with Crippen LogP contribution in [0.25, 0.3) is 0 Å². The second kappa shape index (κ2) is 6.44. The van der Waals surface area contributed by atoms with E-state index in [0.29, 0.717) is 32.7 Å². The molecule has 2 saturated heterocycles. The van der Waals surface area contributed by atoms with Crippen LogP contribution in [0.4, 0.5) is 0 Å². The van der Waals surface area contributed by atoms with Crippen LogP contribution in [0.15, 0.2) is 24.5 Å². The lowest BCUT2D eigenvalue weighted by Crippen LogP contribution is -2.35. The third-order valence-electron chi connectivity index (χ3n) is 4.49. The van der Waals surface area contributed by atoms with Gasteiger partial charge < -0.3 is 14.5 Å². The summed E-state index contributed by atoms with van der Waals surface area (Å²) in [4.78, 5) is 32.3. The van der Waals surface area contributed by atoms with Crippen molar-refractivity contribution in [1.82, 2.24) is 14.8 Å². The summed E-state index contributed by atoms with van der Waals surface area (Å²) >= 11 is 0. The van der Waals surface area contributed by atoms with Gasteiger partial charge >= 0.3 is 0 Å². The van der Waals surface area contributed by atoms with E-state index in [1.807, 2.05) is 21.9 Å². The normalized spacial score (nSPS) is 24.0. The second-order valence-electron chi connectivity index (χ2n) is 5.99. The van der Waals surface area contributed by atoms with Crippen molar-refractivity contribution in [1.29, 1.82) is 0 Å². The predicted octanol–water partition coefficient (Wildman–Crippen LogP) is 0.535. The van der Waals surface area contributed by atoms with Gasteiger partial charge in [0.1, 0.15) is 0 Å². The number of nitrogens with zero attached hydrogens (tertiary/aromatic N) is 3. The Labute approximate surface area is 130 Å². The fourth-order valence-electron chi connectivity index (χ4n) is 3.35. The van der Waals surface area contributed by atoms with Crippen molar-refractivity contribution in [2.45, 2.75) is 13.0 Å². The van der Waals surface area contributed by atoms with Gasteiger partial charge in [0.15, 0.2) is 0 Å². The first-order chi connectivity index (χ1) is 10.7. The van der Waals surface area contributed by atoms with Crippen molar-refractivity contribution in [3.8, 4) is 0 Å². The van der Waals surface area contributed by atoms with Crippen LogP contribution >= 0.6 is 0 Å². The molecule has 2 fully saturated rings. The number of rotatable bonds is 5. The highest BCUT2D eigenvalue weighted by Gasteiger charge is 2.47. The minimum absolute atomic E-state index is 0.0387. The standard InChI is InChI=1S/C16H21N3O3/c1-22-6-4-15(20)18-9-13-10-19(16(21)14(13)11-18)8-12-3-2-5-17-7-12/h2-3,5,7,13-14H,4,6,8-11H2,1H3/t13-,14-/m0/s1. The van der Waals surface area contributed by atoms with Crippen molar-refractivity contribution in [3.05, 3.63) is 30.1 Å². The first kappa shape index (κ1) is 15.0. The molecule has 2 amide bonds. The minimum Gasteiger partial charge on any atom is -0.384 e. The zero-order valence-corrected chi connectivity index (χ0v) is 12.8. The number of carbonyl (C=O) groups excluding carboxylic acids is 2. The van der Waals surface area contributed by atoms with E-state index in [0.717, 1.165) is 12.1 Å². The number of likely N-dealkylation sites (tertiary alicyclic amines) is 2. The molecule has 3 heterocycles. The minimum atomic E-state index is -0.0387. The number of hydrogen-bond acceptors (Lipinski definition) is 4. The Morgan fingerprint density at radius 2 is 2.27 bits per heavy atom. The van der Waals surface area contributed by atoms with Gasteiger partial charge in [0.05, 0.1) is 18.9 Å². The van der Waals surface area contributed by atoms with Crippen molar-refractivity contribution < 1.29 is 14.3 Å². The third-order valence-corrected chi connectivity index (χ3v) is 4.49. The number of carbonyl (C=O) groups is 2. The van der Waals surface area contributed by atoms with Gasteiger partial charge in [-0.15, -0.1) is 0 Å². The van der Waals surface area contributed by atoms with Crippen molar-refractivity contribution in [2.24, 2.45) is 11.8 Å². The van der Waals surface area contributed by atoms with Crippen LogP contribution in [0.5, 0.6) is 0 Å². The summed E-state index contributed by atoms with van der Waals surface area (Å²) in [5.41, 5.74) is 1.05. The number of ether oxygens (including phenoxy) is 1. The first-order valence-corrected chi connectivity index (χ1v) is 7.63. The fraction of sp³-hybridized carbons (Fsp3) is 0.562. The van der Waals surface area contributed by atoms with E-state index >= 15 is 0 Å². The summed E-state index contributed by atoms with van der Waals surface area (Å²) in [6.45, 7) is 3.01. The molecule has 1 aromatic heterocycles. The molecular formula is C16H21N3O3. The van der Waals surface area contributed by atoms with Crippen LogP contribution in [-0.4, -0.2) is 59.9 Å². The van der Waals surface area contributed by atoms with E-state index in [9.17, 15) is 9.59 Å². The molecule has 2 atom stereocenters. The zero-order chi connectivity index (χ0) is 15.5. The maximum absolute atomic E-state index is 12.5. The summed E-state index contributed by atoms with van der Waals surface area (Å²) in [5.74, 6) is 0.470. The van der Waals surface area contributed by atoms with E-state index < -0.39 is 0 Å². The van der Waals surface area contributed by atoms with E-state index in [2.05, 4.69) is 4.98 Å². The molecule has 1 aromatic rings. The molecule has 2 aliphatic rings. The van der Waals surface area contributed by atoms with Gasteiger partial charge in [-0.1, -0.05) is 6.07 Å². The molecule has 2 aliphatic heterocycles. The van der Waals surface area contributed by atoms with Gasteiger partial charge in [0, 0.05) is 51.6 Å². The number of methoxy groups -OCH3 is 1. The highest BCUT2D eigenvalue weighted by molar-refractivity contribution is 5.84. The quantitative estimate of drug-likeness (QED) is 0.796. The molecule has 3 rings (SSSR count). The summed E-state index contributed by atoms with van der Waals surface area (Å²) < 4.78 is 4.94. The molecule has 0 aliphatic carbocycles. The third kappa shape index (κ3) is 2.97. The van der Waals surface area contributed by atoms with Gasteiger partial charge in [-0.2, -0.15) is 0 Å². The fourth-order valence-corrected chi connectivity index (χ4v) is 3.35. The first-order valence-electron chi connectivity index (χ1n) is 7.63. The van der Waals surface area contributed by atoms with E-state index in [1.165, 1.54) is 0 Å². The van der Waals surface area contributed by atoms with Crippen molar-refractivity contribution >= 4 is 11.8 Å². The Balaban J connectivity index is 1.57. The molecule has 0 radical (unpaired) electrons. The van der Waals surface area contributed by atoms with E-state index in [1.54, 1.807) is 19.5 Å². The molecule has 0 spiro atoms. The highest BCUT2D eigenvalue weighted by Crippen LogP contribution is 2.33. The predicted molar refractivity (Wildman–Crippen MR) is 79.7 cm³/mol. The number of hydrogen-bond donors (Lipinski definition) is 0. The second-order valence-corrected chi connectivity index (χ2v) is 5.99. The Kier molecular flexibility index (Phi) is 4.38. The summed E-state index contributed by atoms with van der Waals surface area (Å²) in [7, 11) is 1.59. The van der Waals surface area contributed by atoms with Gasteiger partial charge in [-0.05, 0) is 11.6 Å². The molecular weight excluding hydrogens is 282 g/mol. The zero-order valence-electron chi connectivity index (χ0n) is 12.8.